The summed E-state index contributed by atoms with van der Waals surface area (Å²) in [5, 5.41) is 21.6. The van der Waals surface area contributed by atoms with Gasteiger partial charge in [0.25, 0.3) is 5.91 Å². The van der Waals surface area contributed by atoms with Gasteiger partial charge in [-0.15, -0.1) is 10.2 Å². The minimum Gasteiger partial charge on any atom is -0.465 e. The largest absolute Gasteiger partial charge is 0.465 e. The van der Waals surface area contributed by atoms with Crippen molar-refractivity contribution in [1.29, 1.82) is 0 Å². The third kappa shape index (κ3) is 7.55. The molecule has 2 amide bonds. The number of nitrogens with one attached hydrogen (secondary N) is 1. The van der Waals surface area contributed by atoms with Crippen LogP contribution in [0.5, 0.6) is 0 Å². The summed E-state index contributed by atoms with van der Waals surface area (Å²) in [5.74, 6) is -0.984. The number of Topliss-reactive ketones (excluding diaryl/α,β-unsaturated/α-hetero) is 1. The fraction of sp³-hybridized carbons (Fsp3) is 0.452. The lowest BCUT2D eigenvalue weighted by Crippen LogP contribution is -2.60. The minimum absolute atomic E-state index is 0.119. The van der Waals surface area contributed by atoms with E-state index in [9.17, 15) is 19.5 Å². The first-order valence-electron chi connectivity index (χ1n) is 13.9. The van der Waals surface area contributed by atoms with Crippen molar-refractivity contribution >= 4 is 17.8 Å². The number of hydrogen-bond donors (Lipinski definition) is 2. The van der Waals surface area contributed by atoms with E-state index in [0.717, 1.165) is 22.4 Å². The normalized spacial score (nSPS) is 13.7. The van der Waals surface area contributed by atoms with E-state index in [2.05, 4.69) is 15.5 Å². The van der Waals surface area contributed by atoms with Gasteiger partial charge in [-0.05, 0) is 42.9 Å². The summed E-state index contributed by atoms with van der Waals surface area (Å²) in [6, 6.07) is 16.3. The second-order valence-electron chi connectivity index (χ2n) is 10.8. The van der Waals surface area contributed by atoms with E-state index < -0.39 is 41.3 Å². The van der Waals surface area contributed by atoms with Gasteiger partial charge in [-0.3, -0.25) is 14.5 Å². The van der Waals surface area contributed by atoms with E-state index in [1.165, 1.54) is 0 Å². The smallest absolute Gasteiger partial charge is 0.408 e. The molecule has 2 aromatic carbocycles. The standard InChI is InChI=1S/C31H40N4O5/c1-6-14-24(20-25-33-34-29(40-25)23-17-12-9-13-18-23)35(30(38)39)27(31(4,5)19-7-2)26(36)28(37)32-21(3)22-15-10-8-11-16-22/h8-13,15-18,21,24,27H,6-7,14,19-20H2,1-5H3,(H,32,37)(H,38,39)/t21-,24+,27-/m1/s1. The number of carboxylic acid groups (broad SMARTS) is 1. The van der Waals surface area contributed by atoms with E-state index >= 15 is 0 Å². The quantitative estimate of drug-likeness (QED) is 0.234. The van der Waals surface area contributed by atoms with Gasteiger partial charge in [-0.1, -0.05) is 89.1 Å². The Kier molecular flexibility index (Phi) is 10.6. The Morgan fingerprint density at radius 3 is 2.17 bits per heavy atom. The summed E-state index contributed by atoms with van der Waals surface area (Å²) in [7, 11) is 0. The third-order valence-corrected chi connectivity index (χ3v) is 7.17. The highest BCUT2D eigenvalue weighted by atomic mass is 16.4. The highest BCUT2D eigenvalue weighted by Crippen LogP contribution is 2.34. The summed E-state index contributed by atoms with van der Waals surface area (Å²) < 4.78 is 5.89. The van der Waals surface area contributed by atoms with Gasteiger partial charge in [0.2, 0.25) is 17.6 Å². The summed E-state index contributed by atoms with van der Waals surface area (Å²) in [6.07, 6.45) is 1.21. The Hall–Kier alpha value is -4.01. The maximum atomic E-state index is 13.9. The Bertz CT molecular complexity index is 1260. The van der Waals surface area contributed by atoms with Crippen molar-refractivity contribution in [1.82, 2.24) is 20.4 Å². The van der Waals surface area contributed by atoms with Crippen LogP contribution >= 0.6 is 0 Å². The second kappa shape index (κ2) is 13.9. The summed E-state index contributed by atoms with van der Waals surface area (Å²) in [4.78, 5) is 41.2. The van der Waals surface area contributed by atoms with Crippen molar-refractivity contribution in [2.24, 2.45) is 5.41 Å². The lowest BCUT2D eigenvalue weighted by atomic mass is 9.76. The van der Waals surface area contributed by atoms with E-state index in [-0.39, 0.29) is 12.3 Å². The molecule has 1 aromatic heterocycles. The lowest BCUT2D eigenvalue weighted by Gasteiger charge is -2.43. The van der Waals surface area contributed by atoms with E-state index in [0.29, 0.717) is 25.2 Å². The Morgan fingerprint density at radius 1 is 0.975 bits per heavy atom. The number of nitrogens with zero attached hydrogens (tertiary/aromatic N) is 3. The van der Waals surface area contributed by atoms with E-state index in [1.807, 2.05) is 88.4 Å². The van der Waals surface area contributed by atoms with Crippen LogP contribution in [0, 0.1) is 5.41 Å². The highest BCUT2D eigenvalue weighted by molar-refractivity contribution is 6.38. The average molecular weight is 549 g/mol. The first kappa shape index (κ1) is 30.5. The molecule has 0 spiro atoms. The molecular formula is C31H40N4O5. The Labute approximate surface area is 236 Å². The molecule has 1 heterocycles. The van der Waals surface area contributed by atoms with Crippen LogP contribution in [0.25, 0.3) is 11.5 Å². The number of benzene rings is 2. The monoisotopic (exact) mass is 548 g/mol. The molecule has 40 heavy (non-hydrogen) atoms. The molecule has 0 saturated carbocycles. The van der Waals surface area contributed by atoms with Crippen molar-refractivity contribution in [2.45, 2.75) is 84.8 Å². The number of ketones is 1. The predicted octanol–water partition coefficient (Wildman–Crippen LogP) is 6.07. The maximum absolute atomic E-state index is 13.9. The molecule has 9 heteroatoms. The van der Waals surface area contributed by atoms with Crippen LogP contribution in [0.1, 0.15) is 77.8 Å². The van der Waals surface area contributed by atoms with E-state index in [1.54, 1.807) is 6.92 Å². The molecule has 3 aromatic rings. The SMILES string of the molecule is CCC[C@@H](Cc1nnc(-c2ccccc2)o1)N(C(=O)O)[C@H](C(=O)C(=O)N[C@H](C)c1ccccc1)C(C)(C)CCC. The van der Waals surface area contributed by atoms with Crippen molar-refractivity contribution in [3.05, 3.63) is 72.1 Å². The average Bonchev–Trinajstić information content (AvgIpc) is 3.40. The van der Waals surface area contributed by atoms with Crippen molar-refractivity contribution < 1.29 is 23.9 Å². The molecular weight excluding hydrogens is 508 g/mol. The lowest BCUT2D eigenvalue weighted by molar-refractivity contribution is -0.144. The molecule has 3 rings (SSSR count). The second-order valence-corrected chi connectivity index (χ2v) is 10.8. The number of rotatable bonds is 14. The van der Waals surface area contributed by atoms with Gasteiger partial charge in [0, 0.05) is 18.0 Å². The molecule has 2 N–H and O–H groups in total. The molecule has 3 atom stereocenters. The van der Waals surface area contributed by atoms with Gasteiger partial charge in [0.15, 0.2) is 0 Å². The van der Waals surface area contributed by atoms with Gasteiger partial charge in [-0.25, -0.2) is 4.79 Å². The zero-order chi connectivity index (χ0) is 29.3. The van der Waals surface area contributed by atoms with Gasteiger partial charge >= 0.3 is 6.09 Å². The van der Waals surface area contributed by atoms with Gasteiger partial charge in [-0.2, -0.15) is 0 Å². The van der Waals surface area contributed by atoms with Crippen LogP contribution < -0.4 is 5.32 Å². The number of carbonyl (C=O) groups is 3. The molecule has 0 unspecified atom stereocenters. The molecule has 0 bridgehead atoms. The molecule has 0 radical (unpaired) electrons. The molecule has 9 nitrogen and oxygen atoms in total. The molecule has 0 aliphatic carbocycles. The van der Waals surface area contributed by atoms with Gasteiger partial charge < -0.3 is 14.8 Å². The molecule has 0 fully saturated rings. The molecule has 0 saturated heterocycles. The fourth-order valence-electron chi connectivity index (χ4n) is 5.24. The zero-order valence-corrected chi connectivity index (χ0v) is 24.0. The van der Waals surface area contributed by atoms with Crippen molar-refractivity contribution in [2.75, 3.05) is 0 Å². The fourth-order valence-corrected chi connectivity index (χ4v) is 5.24. The number of carbonyl (C=O) groups excluding carboxylic acids is 2. The zero-order valence-electron chi connectivity index (χ0n) is 24.0. The molecule has 0 aliphatic rings. The Balaban J connectivity index is 1.94. The molecule has 0 aliphatic heterocycles. The van der Waals surface area contributed by atoms with Crippen molar-refractivity contribution in [3.8, 4) is 11.5 Å². The molecule has 214 valence electrons. The van der Waals surface area contributed by atoms with E-state index in [4.69, 9.17) is 4.42 Å². The predicted molar refractivity (Wildman–Crippen MR) is 152 cm³/mol. The number of aromatic nitrogens is 2. The highest BCUT2D eigenvalue weighted by Gasteiger charge is 2.46. The summed E-state index contributed by atoms with van der Waals surface area (Å²) in [5.41, 5.74) is 0.787. The van der Waals surface area contributed by atoms with Crippen LogP contribution in [-0.2, 0) is 16.0 Å². The van der Waals surface area contributed by atoms with Crippen LogP contribution in [0.4, 0.5) is 4.79 Å². The number of hydrogen-bond acceptors (Lipinski definition) is 6. The van der Waals surface area contributed by atoms with Gasteiger partial charge in [0.05, 0.1) is 6.04 Å². The summed E-state index contributed by atoms with van der Waals surface area (Å²) in [6.45, 7) is 9.39. The van der Waals surface area contributed by atoms with Gasteiger partial charge in [0.1, 0.15) is 6.04 Å². The summed E-state index contributed by atoms with van der Waals surface area (Å²) >= 11 is 0. The van der Waals surface area contributed by atoms with Crippen LogP contribution in [0.2, 0.25) is 0 Å². The van der Waals surface area contributed by atoms with Crippen LogP contribution in [0.15, 0.2) is 65.1 Å². The van der Waals surface area contributed by atoms with Crippen LogP contribution in [-0.4, -0.2) is 50.1 Å². The third-order valence-electron chi connectivity index (χ3n) is 7.17. The van der Waals surface area contributed by atoms with Crippen LogP contribution in [0.3, 0.4) is 0 Å². The Morgan fingerprint density at radius 2 is 1.60 bits per heavy atom. The topological polar surface area (TPSA) is 126 Å². The first-order chi connectivity index (χ1) is 19.1. The van der Waals surface area contributed by atoms with Crippen molar-refractivity contribution in [3.63, 3.8) is 0 Å². The minimum atomic E-state index is -1.27. The maximum Gasteiger partial charge on any atom is 0.408 e. The first-order valence-corrected chi connectivity index (χ1v) is 13.9. The number of amides is 2.